The molecule has 41 heavy (non-hydrogen) atoms. The number of nitrogens with zero attached hydrogens (tertiary/aromatic N) is 1. The summed E-state index contributed by atoms with van der Waals surface area (Å²) in [5, 5.41) is 11.4. The molecule has 1 aromatic heterocycles. The minimum atomic E-state index is -1.13. The van der Waals surface area contributed by atoms with E-state index < -0.39 is 12.1 Å². The SMILES string of the molecule is CCCCCCCCCC(=O)OCC(O)COC(=O)Cc1c(C)n(C(=O)c2ccc(Cl)cc2)c2ccc(OC)cc12. The van der Waals surface area contributed by atoms with Gasteiger partial charge in [-0.15, -0.1) is 0 Å². The van der Waals surface area contributed by atoms with E-state index in [2.05, 4.69) is 6.92 Å². The van der Waals surface area contributed by atoms with Crippen LogP contribution >= 0.6 is 11.6 Å². The average Bonchev–Trinajstić information content (AvgIpc) is 3.24. The molecule has 1 heterocycles. The van der Waals surface area contributed by atoms with E-state index in [0.29, 0.717) is 44.9 Å². The monoisotopic (exact) mass is 585 g/mol. The largest absolute Gasteiger partial charge is 0.497 e. The number of ether oxygens (including phenoxy) is 3. The molecule has 0 saturated carbocycles. The molecule has 0 spiro atoms. The van der Waals surface area contributed by atoms with E-state index in [1.54, 1.807) is 61.1 Å². The van der Waals surface area contributed by atoms with Crippen LogP contribution in [0.3, 0.4) is 0 Å². The number of esters is 2. The zero-order valence-electron chi connectivity index (χ0n) is 24.1. The number of aromatic nitrogens is 1. The predicted molar refractivity (Wildman–Crippen MR) is 159 cm³/mol. The minimum Gasteiger partial charge on any atom is -0.497 e. The zero-order chi connectivity index (χ0) is 29.8. The number of methoxy groups -OCH3 is 1. The maximum Gasteiger partial charge on any atom is 0.310 e. The average molecular weight is 586 g/mol. The molecule has 0 bridgehead atoms. The Morgan fingerprint density at radius 3 is 2.20 bits per heavy atom. The van der Waals surface area contributed by atoms with Gasteiger partial charge in [0.05, 0.1) is 19.0 Å². The van der Waals surface area contributed by atoms with Crippen molar-refractivity contribution in [3.05, 3.63) is 64.3 Å². The van der Waals surface area contributed by atoms with Gasteiger partial charge in [-0.2, -0.15) is 0 Å². The Kier molecular flexibility index (Phi) is 12.7. The van der Waals surface area contributed by atoms with E-state index in [-0.39, 0.29) is 31.5 Å². The number of aliphatic hydroxyl groups is 1. The third-order valence-corrected chi connectivity index (χ3v) is 7.27. The third-order valence-electron chi connectivity index (χ3n) is 7.02. The number of rotatable bonds is 16. The fourth-order valence-electron chi connectivity index (χ4n) is 4.72. The molecule has 0 radical (unpaired) electrons. The van der Waals surface area contributed by atoms with Crippen LogP contribution in [0.15, 0.2) is 42.5 Å². The molecule has 0 aliphatic carbocycles. The molecule has 1 atom stereocenters. The third kappa shape index (κ3) is 9.33. The molecule has 1 unspecified atom stereocenters. The number of carbonyl (C=O) groups excluding carboxylic acids is 3. The molecule has 8 nitrogen and oxygen atoms in total. The maximum absolute atomic E-state index is 13.4. The number of hydrogen-bond donors (Lipinski definition) is 1. The molecule has 9 heteroatoms. The number of benzene rings is 2. The number of halogens is 1. The van der Waals surface area contributed by atoms with Crippen molar-refractivity contribution in [2.45, 2.75) is 77.7 Å². The zero-order valence-corrected chi connectivity index (χ0v) is 24.9. The van der Waals surface area contributed by atoms with Crippen LogP contribution in [0.4, 0.5) is 0 Å². The predicted octanol–water partition coefficient (Wildman–Crippen LogP) is 6.43. The fourth-order valence-corrected chi connectivity index (χ4v) is 4.84. The van der Waals surface area contributed by atoms with Crippen molar-refractivity contribution in [2.24, 2.45) is 0 Å². The number of hydrogen-bond acceptors (Lipinski definition) is 7. The van der Waals surface area contributed by atoms with Crippen LogP contribution in [0, 0.1) is 6.92 Å². The molecule has 0 amide bonds. The highest BCUT2D eigenvalue weighted by molar-refractivity contribution is 6.30. The first-order chi connectivity index (χ1) is 19.7. The quantitative estimate of drug-likeness (QED) is 0.152. The normalized spacial score (nSPS) is 11.8. The molecular weight excluding hydrogens is 546 g/mol. The lowest BCUT2D eigenvalue weighted by molar-refractivity contribution is -0.152. The summed E-state index contributed by atoms with van der Waals surface area (Å²) < 4.78 is 17.4. The Bertz CT molecular complexity index is 1320. The first kappa shape index (κ1) is 32.2. The highest BCUT2D eigenvalue weighted by Gasteiger charge is 2.23. The lowest BCUT2D eigenvalue weighted by atomic mass is 10.1. The van der Waals surface area contributed by atoms with Crippen molar-refractivity contribution in [1.29, 1.82) is 0 Å². The van der Waals surface area contributed by atoms with Gasteiger partial charge in [-0.3, -0.25) is 19.0 Å². The molecule has 1 N–H and O–H groups in total. The number of unbranched alkanes of at least 4 members (excludes halogenated alkanes) is 6. The fraction of sp³-hybridized carbons (Fsp3) is 0.469. The van der Waals surface area contributed by atoms with Crippen molar-refractivity contribution in [3.63, 3.8) is 0 Å². The van der Waals surface area contributed by atoms with Gasteiger partial charge in [0.1, 0.15) is 25.1 Å². The highest BCUT2D eigenvalue weighted by Crippen LogP contribution is 2.31. The van der Waals surface area contributed by atoms with E-state index in [4.69, 9.17) is 25.8 Å². The van der Waals surface area contributed by atoms with Gasteiger partial charge in [-0.25, -0.2) is 0 Å². The Morgan fingerprint density at radius 2 is 1.54 bits per heavy atom. The summed E-state index contributed by atoms with van der Waals surface area (Å²) >= 11 is 5.99. The van der Waals surface area contributed by atoms with Gasteiger partial charge in [0.25, 0.3) is 5.91 Å². The van der Waals surface area contributed by atoms with Crippen LogP contribution in [0.25, 0.3) is 10.9 Å². The van der Waals surface area contributed by atoms with Gasteiger partial charge < -0.3 is 19.3 Å². The van der Waals surface area contributed by atoms with Gasteiger partial charge in [0.15, 0.2) is 0 Å². The standard InChI is InChI=1S/C32H40ClNO7/c1-4-5-6-7-8-9-10-11-30(36)40-20-25(35)21-41-31(37)19-27-22(2)34(29-17-16-26(39-3)18-28(27)29)32(38)23-12-14-24(33)15-13-23/h12-18,25,35H,4-11,19-21H2,1-3H3. The molecule has 2 aromatic carbocycles. The number of carbonyl (C=O) groups is 3. The second-order valence-corrected chi connectivity index (χ2v) is 10.6. The summed E-state index contributed by atoms with van der Waals surface area (Å²) in [5.41, 5.74) is 2.27. The van der Waals surface area contributed by atoms with Crippen molar-refractivity contribution < 1.29 is 33.7 Å². The van der Waals surface area contributed by atoms with Crippen LogP contribution in [-0.4, -0.2) is 53.9 Å². The summed E-state index contributed by atoms with van der Waals surface area (Å²) in [6.45, 7) is 3.39. The van der Waals surface area contributed by atoms with Crippen LogP contribution in [-0.2, 0) is 25.5 Å². The van der Waals surface area contributed by atoms with Crippen molar-refractivity contribution in [3.8, 4) is 5.75 Å². The Morgan fingerprint density at radius 1 is 0.902 bits per heavy atom. The van der Waals surface area contributed by atoms with Crippen molar-refractivity contribution >= 4 is 40.3 Å². The van der Waals surface area contributed by atoms with Gasteiger partial charge in [0, 0.05) is 28.1 Å². The lowest BCUT2D eigenvalue weighted by Gasteiger charge is -2.12. The molecule has 3 aromatic rings. The molecule has 3 rings (SSSR count). The molecule has 0 fully saturated rings. The Hall–Kier alpha value is -3.36. The van der Waals surface area contributed by atoms with Crippen molar-refractivity contribution in [1.82, 2.24) is 4.57 Å². The van der Waals surface area contributed by atoms with Crippen LogP contribution < -0.4 is 4.74 Å². The first-order valence-corrected chi connectivity index (χ1v) is 14.6. The first-order valence-electron chi connectivity index (χ1n) is 14.2. The van der Waals surface area contributed by atoms with Gasteiger partial charge >= 0.3 is 11.9 Å². The van der Waals surface area contributed by atoms with Crippen LogP contribution in [0.2, 0.25) is 5.02 Å². The smallest absolute Gasteiger partial charge is 0.310 e. The van der Waals surface area contributed by atoms with Gasteiger partial charge in [0.2, 0.25) is 0 Å². The summed E-state index contributed by atoms with van der Waals surface area (Å²) in [5.74, 6) is -0.631. The van der Waals surface area contributed by atoms with E-state index >= 15 is 0 Å². The Labute approximate surface area is 246 Å². The molecule has 222 valence electrons. The van der Waals surface area contributed by atoms with E-state index in [1.165, 1.54) is 25.7 Å². The minimum absolute atomic E-state index is 0.124. The van der Waals surface area contributed by atoms with Crippen LogP contribution in [0.5, 0.6) is 5.75 Å². The van der Waals surface area contributed by atoms with Crippen molar-refractivity contribution in [2.75, 3.05) is 20.3 Å². The summed E-state index contributed by atoms with van der Waals surface area (Å²) in [6, 6.07) is 11.9. The van der Waals surface area contributed by atoms with E-state index in [9.17, 15) is 19.5 Å². The molecular formula is C32H40ClNO7. The molecule has 0 aliphatic heterocycles. The molecule has 0 aliphatic rings. The lowest BCUT2D eigenvalue weighted by Crippen LogP contribution is -2.26. The summed E-state index contributed by atoms with van der Waals surface area (Å²) in [7, 11) is 1.54. The second-order valence-electron chi connectivity index (χ2n) is 10.2. The topological polar surface area (TPSA) is 104 Å². The van der Waals surface area contributed by atoms with Gasteiger partial charge in [-0.05, 0) is 61.4 Å². The number of fused-ring (bicyclic) bond motifs is 1. The molecule has 0 saturated heterocycles. The van der Waals surface area contributed by atoms with E-state index in [0.717, 1.165) is 19.3 Å². The maximum atomic E-state index is 13.4. The Balaban J connectivity index is 1.57. The summed E-state index contributed by atoms with van der Waals surface area (Å²) in [6.07, 6.45) is 6.74. The summed E-state index contributed by atoms with van der Waals surface area (Å²) in [4.78, 5) is 38.2. The highest BCUT2D eigenvalue weighted by atomic mass is 35.5. The van der Waals surface area contributed by atoms with Crippen LogP contribution in [0.1, 0.15) is 79.9 Å². The number of aliphatic hydroxyl groups excluding tert-OH is 1. The van der Waals surface area contributed by atoms with Gasteiger partial charge in [-0.1, -0.05) is 57.0 Å². The second kappa shape index (κ2) is 16.2. The van der Waals surface area contributed by atoms with E-state index in [1.807, 2.05) is 0 Å².